The monoisotopic (exact) mass is 408 g/mol. The fraction of sp³-hybridized carbons (Fsp3) is 0.0909. The van der Waals surface area contributed by atoms with E-state index in [9.17, 15) is 4.79 Å². The van der Waals surface area contributed by atoms with Crippen LogP contribution in [0.25, 0.3) is 0 Å². The molecule has 0 bridgehead atoms. The van der Waals surface area contributed by atoms with Gasteiger partial charge in [0.1, 0.15) is 11.9 Å². The zero-order valence-electron chi connectivity index (χ0n) is 14.8. The predicted molar refractivity (Wildman–Crippen MR) is 115 cm³/mol. The van der Waals surface area contributed by atoms with Crippen LogP contribution in [0.1, 0.15) is 27.6 Å². The van der Waals surface area contributed by atoms with E-state index in [0.29, 0.717) is 5.56 Å². The van der Waals surface area contributed by atoms with Gasteiger partial charge in [-0.2, -0.15) is 0 Å². The second-order valence-electron chi connectivity index (χ2n) is 6.42. The van der Waals surface area contributed by atoms with E-state index in [1.165, 1.54) is 0 Å². The molecule has 28 heavy (non-hydrogen) atoms. The maximum Gasteiger partial charge on any atom is 0.257 e. The van der Waals surface area contributed by atoms with Crippen LogP contribution in [0, 0.1) is 0 Å². The van der Waals surface area contributed by atoms with Crippen molar-refractivity contribution in [3.05, 3.63) is 94.5 Å². The molecule has 1 unspecified atom stereocenters. The first-order valence-electron chi connectivity index (χ1n) is 8.81. The highest BCUT2D eigenvalue weighted by molar-refractivity contribution is 7.80. The molecule has 0 fully saturated rings. The van der Waals surface area contributed by atoms with E-state index < -0.39 is 0 Å². The molecule has 1 aliphatic heterocycles. The molecule has 0 aromatic heterocycles. The van der Waals surface area contributed by atoms with Crippen molar-refractivity contribution in [3.63, 3.8) is 0 Å². The highest BCUT2D eigenvalue weighted by atomic mass is 35.5. The van der Waals surface area contributed by atoms with Gasteiger partial charge in [0.05, 0.1) is 0 Å². The number of carbonyl (C=O) groups is 1. The maximum absolute atomic E-state index is 12.1. The molecule has 6 heteroatoms. The highest BCUT2D eigenvalue weighted by Crippen LogP contribution is 2.40. The van der Waals surface area contributed by atoms with Crippen molar-refractivity contribution in [2.45, 2.75) is 12.5 Å². The van der Waals surface area contributed by atoms with Crippen LogP contribution in [0.2, 0.25) is 5.02 Å². The Labute approximate surface area is 173 Å². The SMILES string of the molecule is O=C(NC(=S)Nc1ccc(C2Cc3c(Cl)cccc3O2)cc1)c1ccccc1. The summed E-state index contributed by atoms with van der Waals surface area (Å²) in [6.45, 7) is 0. The van der Waals surface area contributed by atoms with E-state index in [1.807, 2.05) is 48.5 Å². The Morgan fingerprint density at radius 2 is 1.75 bits per heavy atom. The number of rotatable bonds is 3. The molecule has 1 atom stereocenters. The predicted octanol–water partition coefficient (Wildman–Crippen LogP) is 5.14. The summed E-state index contributed by atoms with van der Waals surface area (Å²) in [6, 6.07) is 22.4. The lowest BCUT2D eigenvalue weighted by atomic mass is 10.0. The van der Waals surface area contributed by atoms with Gasteiger partial charge in [-0.3, -0.25) is 10.1 Å². The number of amides is 1. The minimum absolute atomic E-state index is 0.0614. The van der Waals surface area contributed by atoms with Crippen LogP contribution in [0.3, 0.4) is 0 Å². The topological polar surface area (TPSA) is 50.4 Å². The van der Waals surface area contributed by atoms with E-state index in [-0.39, 0.29) is 17.1 Å². The average molecular weight is 409 g/mol. The van der Waals surface area contributed by atoms with Crippen LogP contribution in [-0.2, 0) is 6.42 Å². The van der Waals surface area contributed by atoms with Gasteiger partial charge in [0, 0.05) is 28.3 Å². The molecule has 4 rings (SSSR count). The standard InChI is InChI=1S/C22H17ClN2O2S/c23-18-7-4-8-19-17(18)13-20(27-19)14-9-11-16(12-10-14)24-22(28)25-21(26)15-5-2-1-3-6-15/h1-12,20H,13H2,(H2,24,25,26,28). The lowest BCUT2D eigenvalue weighted by Gasteiger charge is -2.13. The van der Waals surface area contributed by atoms with Gasteiger partial charge in [-0.15, -0.1) is 0 Å². The summed E-state index contributed by atoms with van der Waals surface area (Å²) in [5.41, 5.74) is 3.44. The van der Waals surface area contributed by atoms with Crippen molar-refractivity contribution in [2.75, 3.05) is 5.32 Å². The Morgan fingerprint density at radius 3 is 2.46 bits per heavy atom. The van der Waals surface area contributed by atoms with Gasteiger partial charge in [-0.05, 0) is 54.2 Å². The fourth-order valence-electron chi connectivity index (χ4n) is 3.12. The largest absolute Gasteiger partial charge is 0.485 e. The number of anilines is 1. The van der Waals surface area contributed by atoms with E-state index in [2.05, 4.69) is 10.6 Å². The van der Waals surface area contributed by atoms with Crippen LogP contribution in [-0.4, -0.2) is 11.0 Å². The Bertz CT molecular complexity index is 1020. The number of hydrogen-bond acceptors (Lipinski definition) is 3. The average Bonchev–Trinajstić information content (AvgIpc) is 3.15. The van der Waals surface area contributed by atoms with Crippen molar-refractivity contribution in [3.8, 4) is 5.75 Å². The lowest BCUT2D eigenvalue weighted by Crippen LogP contribution is -2.34. The lowest BCUT2D eigenvalue weighted by molar-refractivity contribution is 0.0977. The van der Waals surface area contributed by atoms with E-state index in [4.69, 9.17) is 28.6 Å². The van der Waals surface area contributed by atoms with Gasteiger partial charge >= 0.3 is 0 Å². The summed E-state index contributed by atoms with van der Waals surface area (Å²) >= 11 is 11.5. The van der Waals surface area contributed by atoms with Crippen LogP contribution >= 0.6 is 23.8 Å². The summed E-state index contributed by atoms with van der Waals surface area (Å²) in [5.74, 6) is 0.591. The second kappa shape index (κ2) is 8.00. The van der Waals surface area contributed by atoms with Crippen molar-refractivity contribution in [1.82, 2.24) is 5.32 Å². The number of carbonyl (C=O) groups excluding carboxylic acids is 1. The molecule has 0 spiro atoms. The number of nitrogens with one attached hydrogen (secondary N) is 2. The van der Waals surface area contributed by atoms with Gasteiger partial charge in [0.15, 0.2) is 5.11 Å². The minimum Gasteiger partial charge on any atom is -0.485 e. The first-order chi connectivity index (χ1) is 13.6. The zero-order chi connectivity index (χ0) is 19.5. The van der Waals surface area contributed by atoms with Crippen molar-refractivity contribution >= 4 is 40.5 Å². The van der Waals surface area contributed by atoms with E-state index >= 15 is 0 Å². The van der Waals surface area contributed by atoms with Crippen molar-refractivity contribution < 1.29 is 9.53 Å². The molecular weight excluding hydrogens is 392 g/mol. The van der Waals surface area contributed by atoms with Gasteiger partial charge in [0.25, 0.3) is 5.91 Å². The molecule has 0 radical (unpaired) electrons. The molecule has 1 amide bonds. The number of benzene rings is 3. The second-order valence-corrected chi connectivity index (χ2v) is 7.24. The Balaban J connectivity index is 1.37. The molecule has 1 heterocycles. The number of halogens is 1. The summed E-state index contributed by atoms with van der Waals surface area (Å²) in [7, 11) is 0. The number of hydrogen-bond donors (Lipinski definition) is 2. The quantitative estimate of drug-likeness (QED) is 0.589. The molecular formula is C22H17ClN2O2S. The summed E-state index contributed by atoms with van der Waals surface area (Å²) in [5, 5.41) is 6.68. The number of ether oxygens (including phenoxy) is 1. The molecule has 0 aliphatic carbocycles. The molecule has 0 saturated heterocycles. The van der Waals surface area contributed by atoms with Gasteiger partial charge in [-0.1, -0.05) is 48.0 Å². The smallest absolute Gasteiger partial charge is 0.257 e. The Morgan fingerprint density at radius 1 is 1.00 bits per heavy atom. The van der Waals surface area contributed by atoms with Gasteiger partial charge < -0.3 is 10.1 Å². The highest BCUT2D eigenvalue weighted by Gasteiger charge is 2.26. The van der Waals surface area contributed by atoms with Crippen LogP contribution < -0.4 is 15.4 Å². The summed E-state index contributed by atoms with van der Waals surface area (Å²) in [6.07, 6.45) is 0.682. The third-order valence-electron chi connectivity index (χ3n) is 4.54. The third-order valence-corrected chi connectivity index (χ3v) is 5.10. The van der Waals surface area contributed by atoms with E-state index in [0.717, 1.165) is 34.0 Å². The summed E-state index contributed by atoms with van der Waals surface area (Å²) < 4.78 is 6.01. The van der Waals surface area contributed by atoms with Crippen LogP contribution in [0.5, 0.6) is 5.75 Å². The van der Waals surface area contributed by atoms with Crippen LogP contribution in [0.4, 0.5) is 5.69 Å². The molecule has 2 N–H and O–H groups in total. The number of fused-ring (bicyclic) bond motifs is 1. The molecule has 0 saturated carbocycles. The van der Waals surface area contributed by atoms with E-state index in [1.54, 1.807) is 24.3 Å². The number of thiocarbonyl (C=S) groups is 1. The molecule has 3 aromatic carbocycles. The molecule has 1 aliphatic rings. The van der Waals surface area contributed by atoms with Gasteiger partial charge in [0.2, 0.25) is 0 Å². The fourth-order valence-corrected chi connectivity index (χ4v) is 3.58. The summed E-state index contributed by atoms with van der Waals surface area (Å²) in [4.78, 5) is 12.1. The normalized spacial score (nSPS) is 14.7. The molecule has 3 aromatic rings. The molecule has 4 nitrogen and oxygen atoms in total. The third kappa shape index (κ3) is 4.01. The Hall–Kier alpha value is -2.89. The maximum atomic E-state index is 12.1. The van der Waals surface area contributed by atoms with Crippen molar-refractivity contribution in [1.29, 1.82) is 0 Å². The minimum atomic E-state index is -0.247. The van der Waals surface area contributed by atoms with Crippen molar-refractivity contribution in [2.24, 2.45) is 0 Å². The first-order valence-corrected chi connectivity index (χ1v) is 9.60. The van der Waals surface area contributed by atoms with Gasteiger partial charge in [-0.25, -0.2) is 0 Å². The first kappa shape index (κ1) is 18.5. The Kier molecular flexibility index (Phi) is 5.28. The molecule has 140 valence electrons. The zero-order valence-corrected chi connectivity index (χ0v) is 16.4. The van der Waals surface area contributed by atoms with Crippen LogP contribution in [0.15, 0.2) is 72.8 Å².